The number of hydrogen-bond donors (Lipinski definition) is 1. The van der Waals surface area contributed by atoms with Gasteiger partial charge in [-0.3, -0.25) is 9.59 Å². The van der Waals surface area contributed by atoms with Crippen molar-refractivity contribution in [1.82, 2.24) is 9.88 Å². The third kappa shape index (κ3) is 4.53. The molecule has 0 bridgehead atoms. The first-order chi connectivity index (χ1) is 10.2. The van der Waals surface area contributed by atoms with Crippen LogP contribution in [0, 0.1) is 5.92 Å². The average Bonchev–Trinajstić information content (AvgIpc) is 3.00. The molecule has 1 aliphatic rings. The quantitative estimate of drug-likeness (QED) is 0.686. The van der Waals surface area contributed by atoms with Crippen LogP contribution < -0.4 is 5.32 Å². The van der Waals surface area contributed by atoms with Crippen LogP contribution in [0.1, 0.15) is 19.8 Å². The molecule has 0 radical (unpaired) electrons. The number of piperidine rings is 1. The van der Waals surface area contributed by atoms with Crippen LogP contribution in [-0.4, -0.2) is 34.8 Å². The molecule has 1 aromatic rings. The van der Waals surface area contributed by atoms with Crippen LogP contribution in [0.25, 0.3) is 0 Å². The predicted octanol–water partition coefficient (Wildman–Crippen LogP) is 2.45. The lowest BCUT2D eigenvalue weighted by atomic mass is 9.97. The van der Waals surface area contributed by atoms with Gasteiger partial charge in [0.25, 0.3) is 0 Å². The van der Waals surface area contributed by atoms with E-state index in [0.717, 1.165) is 12.8 Å². The van der Waals surface area contributed by atoms with E-state index in [1.807, 2.05) is 24.5 Å². The van der Waals surface area contributed by atoms with Gasteiger partial charge < -0.3 is 10.2 Å². The van der Waals surface area contributed by atoms with Crippen molar-refractivity contribution in [3.63, 3.8) is 0 Å². The molecule has 1 atom stereocenters. The number of allylic oxidation sites excluding steroid dienone is 3. The van der Waals surface area contributed by atoms with Crippen molar-refractivity contribution in [2.75, 3.05) is 18.4 Å². The standard InChI is InChI=1S/C15H19N3O2S/c1-2-3-4-7-13(19)18-9-5-6-12(11-18)14(20)17-15-16-8-10-21-15/h2-4,7-8,10,12H,5-6,9,11H2,1H3,(H,16,17,20)/b3-2+,7-4+/t12-/m1/s1. The van der Waals surface area contributed by atoms with E-state index in [1.165, 1.54) is 11.3 Å². The number of anilines is 1. The molecule has 2 heterocycles. The van der Waals surface area contributed by atoms with Gasteiger partial charge in [-0.15, -0.1) is 11.3 Å². The highest BCUT2D eigenvalue weighted by Gasteiger charge is 2.27. The van der Waals surface area contributed by atoms with Crippen LogP contribution in [0.2, 0.25) is 0 Å². The van der Waals surface area contributed by atoms with Crippen molar-refractivity contribution in [2.24, 2.45) is 5.92 Å². The van der Waals surface area contributed by atoms with Gasteiger partial charge in [0.15, 0.2) is 5.13 Å². The van der Waals surface area contributed by atoms with Gasteiger partial charge in [-0.05, 0) is 19.8 Å². The van der Waals surface area contributed by atoms with E-state index in [2.05, 4.69) is 10.3 Å². The summed E-state index contributed by atoms with van der Waals surface area (Å²) in [6, 6.07) is 0. The highest BCUT2D eigenvalue weighted by Crippen LogP contribution is 2.20. The smallest absolute Gasteiger partial charge is 0.246 e. The molecule has 0 spiro atoms. The molecule has 2 amide bonds. The van der Waals surface area contributed by atoms with E-state index >= 15 is 0 Å². The van der Waals surface area contributed by atoms with Gasteiger partial charge in [0, 0.05) is 30.7 Å². The van der Waals surface area contributed by atoms with E-state index < -0.39 is 0 Å². The summed E-state index contributed by atoms with van der Waals surface area (Å²) in [4.78, 5) is 30.0. The number of amides is 2. The number of hydrogen-bond acceptors (Lipinski definition) is 4. The monoisotopic (exact) mass is 305 g/mol. The Morgan fingerprint density at radius 2 is 2.33 bits per heavy atom. The van der Waals surface area contributed by atoms with Gasteiger partial charge in [0.2, 0.25) is 11.8 Å². The van der Waals surface area contributed by atoms with E-state index in [1.54, 1.807) is 23.2 Å². The summed E-state index contributed by atoms with van der Waals surface area (Å²) in [6.07, 6.45) is 10.3. The third-order valence-corrected chi connectivity index (χ3v) is 4.00. The summed E-state index contributed by atoms with van der Waals surface area (Å²) >= 11 is 1.39. The first-order valence-corrected chi connectivity index (χ1v) is 7.87. The minimum Gasteiger partial charge on any atom is -0.338 e. The third-order valence-electron chi connectivity index (χ3n) is 3.31. The molecule has 1 N–H and O–H groups in total. The maximum absolute atomic E-state index is 12.2. The SMILES string of the molecule is C/C=C/C=C/C(=O)N1CCC[C@@H](C(=O)Nc2nccs2)C1. The van der Waals surface area contributed by atoms with Crippen LogP contribution in [-0.2, 0) is 9.59 Å². The molecule has 6 heteroatoms. The topological polar surface area (TPSA) is 62.3 Å². The molecule has 1 aromatic heterocycles. The lowest BCUT2D eigenvalue weighted by Crippen LogP contribution is -2.43. The molecule has 5 nitrogen and oxygen atoms in total. The fraction of sp³-hybridized carbons (Fsp3) is 0.400. The van der Waals surface area contributed by atoms with Crippen LogP contribution >= 0.6 is 11.3 Å². The van der Waals surface area contributed by atoms with Crippen molar-refractivity contribution in [1.29, 1.82) is 0 Å². The van der Waals surface area contributed by atoms with Crippen LogP contribution in [0.5, 0.6) is 0 Å². The number of nitrogens with one attached hydrogen (secondary N) is 1. The normalized spacial score (nSPS) is 19.3. The Labute approximate surface area is 128 Å². The summed E-state index contributed by atoms with van der Waals surface area (Å²) in [6.45, 7) is 3.07. The number of nitrogens with zero attached hydrogens (tertiary/aromatic N) is 2. The van der Waals surface area contributed by atoms with Crippen molar-refractivity contribution in [3.05, 3.63) is 35.9 Å². The molecule has 1 saturated heterocycles. The maximum atomic E-state index is 12.2. The van der Waals surface area contributed by atoms with E-state index in [9.17, 15) is 9.59 Å². The first kappa shape index (κ1) is 15.4. The Balaban J connectivity index is 1.90. The van der Waals surface area contributed by atoms with E-state index in [4.69, 9.17) is 0 Å². The van der Waals surface area contributed by atoms with Crippen LogP contribution in [0.15, 0.2) is 35.9 Å². The Hall–Kier alpha value is -1.95. The molecule has 0 aromatic carbocycles. The summed E-state index contributed by atoms with van der Waals surface area (Å²) in [5.74, 6) is -0.263. The fourth-order valence-corrected chi connectivity index (χ4v) is 2.77. The Kier molecular flexibility index (Phi) is 5.68. The zero-order chi connectivity index (χ0) is 15.1. The zero-order valence-electron chi connectivity index (χ0n) is 12.0. The lowest BCUT2D eigenvalue weighted by molar-refractivity contribution is -0.130. The molecule has 0 saturated carbocycles. The molecule has 0 unspecified atom stereocenters. The summed E-state index contributed by atoms with van der Waals surface area (Å²) in [7, 11) is 0. The Bertz CT molecular complexity index is 537. The second-order valence-corrected chi connectivity index (χ2v) is 5.73. The predicted molar refractivity (Wildman–Crippen MR) is 84.0 cm³/mol. The van der Waals surface area contributed by atoms with Crippen molar-refractivity contribution in [2.45, 2.75) is 19.8 Å². The van der Waals surface area contributed by atoms with Crippen molar-refractivity contribution >= 4 is 28.3 Å². The number of carbonyl (C=O) groups is 2. The summed E-state index contributed by atoms with van der Waals surface area (Å²) in [5, 5.41) is 5.23. The van der Waals surface area contributed by atoms with Gasteiger partial charge in [-0.1, -0.05) is 18.2 Å². The molecular formula is C15H19N3O2S. The van der Waals surface area contributed by atoms with Gasteiger partial charge in [-0.2, -0.15) is 0 Å². The Morgan fingerprint density at radius 3 is 3.05 bits per heavy atom. The van der Waals surface area contributed by atoms with Gasteiger partial charge in [0.05, 0.1) is 5.92 Å². The number of carbonyl (C=O) groups excluding carboxylic acids is 2. The highest BCUT2D eigenvalue weighted by atomic mass is 32.1. The summed E-state index contributed by atoms with van der Waals surface area (Å²) < 4.78 is 0. The van der Waals surface area contributed by atoms with E-state index in [-0.39, 0.29) is 17.7 Å². The van der Waals surface area contributed by atoms with Gasteiger partial charge in [-0.25, -0.2) is 4.98 Å². The molecule has 1 aliphatic heterocycles. The molecule has 0 aliphatic carbocycles. The van der Waals surface area contributed by atoms with Crippen molar-refractivity contribution < 1.29 is 9.59 Å². The average molecular weight is 305 g/mol. The second-order valence-electron chi connectivity index (χ2n) is 4.83. The van der Waals surface area contributed by atoms with Crippen LogP contribution in [0.4, 0.5) is 5.13 Å². The van der Waals surface area contributed by atoms with Gasteiger partial charge in [0.1, 0.15) is 0 Å². The molecule has 1 fully saturated rings. The highest BCUT2D eigenvalue weighted by molar-refractivity contribution is 7.13. The van der Waals surface area contributed by atoms with Crippen LogP contribution in [0.3, 0.4) is 0 Å². The minimum atomic E-state index is -0.165. The van der Waals surface area contributed by atoms with E-state index in [0.29, 0.717) is 18.2 Å². The molecule has 112 valence electrons. The largest absolute Gasteiger partial charge is 0.338 e. The molecule has 21 heavy (non-hydrogen) atoms. The number of aromatic nitrogens is 1. The number of likely N-dealkylation sites (tertiary alicyclic amines) is 1. The number of rotatable bonds is 4. The first-order valence-electron chi connectivity index (χ1n) is 6.99. The summed E-state index contributed by atoms with van der Waals surface area (Å²) in [5.41, 5.74) is 0. The fourth-order valence-electron chi connectivity index (χ4n) is 2.24. The zero-order valence-corrected chi connectivity index (χ0v) is 12.8. The second kappa shape index (κ2) is 7.73. The lowest BCUT2D eigenvalue weighted by Gasteiger charge is -2.31. The van der Waals surface area contributed by atoms with Gasteiger partial charge >= 0.3 is 0 Å². The Morgan fingerprint density at radius 1 is 1.48 bits per heavy atom. The molecular weight excluding hydrogens is 286 g/mol. The maximum Gasteiger partial charge on any atom is 0.246 e. The minimum absolute atomic E-state index is 0.0418. The number of thiazole rings is 1. The molecule has 2 rings (SSSR count). The van der Waals surface area contributed by atoms with Crippen molar-refractivity contribution in [3.8, 4) is 0 Å².